The van der Waals surface area contributed by atoms with Gasteiger partial charge in [-0.05, 0) is 24.3 Å². The molecule has 0 aliphatic rings. The second-order valence-electron chi connectivity index (χ2n) is 1.61. The average molecular weight is 135 g/mol. The van der Waals surface area contributed by atoms with E-state index < -0.39 is 0 Å². The maximum Gasteiger partial charge on any atom is -0.00702 e. The maximum absolute atomic E-state index is 2.22. The van der Waals surface area contributed by atoms with Gasteiger partial charge in [0, 0.05) is 0 Å². The van der Waals surface area contributed by atoms with Crippen LogP contribution in [-0.4, -0.2) is 11.5 Å². The van der Waals surface area contributed by atoms with Gasteiger partial charge in [-0.2, -0.15) is 11.8 Å². The number of hydrogen-bond donors (Lipinski definition) is 1. The number of rotatable bonds is 4. The van der Waals surface area contributed by atoms with E-state index in [1.165, 1.54) is 24.3 Å². The van der Waals surface area contributed by atoms with E-state index >= 15 is 0 Å². The third-order valence-corrected chi connectivity index (χ3v) is 2.09. The zero-order valence-corrected chi connectivity index (χ0v) is 6.76. The summed E-state index contributed by atoms with van der Waals surface area (Å²) in [4.78, 5) is 0. The molecule has 0 radical (unpaired) electrons. The van der Waals surface area contributed by atoms with Crippen LogP contribution in [0.15, 0.2) is 0 Å². The van der Waals surface area contributed by atoms with Crippen molar-refractivity contribution in [1.82, 2.24) is 6.15 Å². The van der Waals surface area contributed by atoms with Gasteiger partial charge in [0.2, 0.25) is 0 Å². The predicted molar refractivity (Wildman–Crippen MR) is 42.9 cm³/mol. The molecule has 0 aromatic carbocycles. The molecule has 0 rings (SSSR count). The predicted octanol–water partition coefficient (Wildman–Crippen LogP) is 2.70. The molecule has 0 atom stereocenters. The molecular weight excluding hydrogens is 118 g/mol. The van der Waals surface area contributed by atoms with Crippen LogP contribution < -0.4 is 6.15 Å². The molecule has 52 valence electrons. The minimum atomic E-state index is 0. The van der Waals surface area contributed by atoms with Crippen molar-refractivity contribution >= 4 is 11.8 Å². The summed E-state index contributed by atoms with van der Waals surface area (Å²) in [6.45, 7) is 4.45. The molecular formula is C6H17NS. The lowest BCUT2D eigenvalue weighted by atomic mass is 10.6. The molecule has 0 saturated heterocycles. The summed E-state index contributed by atoms with van der Waals surface area (Å²) >= 11 is 2.05. The van der Waals surface area contributed by atoms with Crippen LogP contribution in [0.25, 0.3) is 0 Å². The van der Waals surface area contributed by atoms with Crippen LogP contribution in [0, 0.1) is 0 Å². The minimum absolute atomic E-state index is 0. The molecule has 0 saturated carbocycles. The Balaban J connectivity index is 0. The molecule has 0 aliphatic carbocycles. The second-order valence-corrected chi connectivity index (χ2v) is 2.84. The van der Waals surface area contributed by atoms with E-state index in [-0.39, 0.29) is 6.15 Å². The van der Waals surface area contributed by atoms with E-state index in [0.717, 1.165) is 0 Å². The summed E-state index contributed by atoms with van der Waals surface area (Å²) in [6.07, 6.45) is 2.65. The molecule has 2 heteroatoms. The fourth-order valence-corrected chi connectivity index (χ4v) is 1.17. The third kappa shape index (κ3) is 9.58. The van der Waals surface area contributed by atoms with Gasteiger partial charge in [0.1, 0.15) is 0 Å². The highest BCUT2D eigenvalue weighted by molar-refractivity contribution is 7.99. The van der Waals surface area contributed by atoms with Crippen molar-refractivity contribution in [3.05, 3.63) is 0 Å². The van der Waals surface area contributed by atoms with Gasteiger partial charge in [0.05, 0.1) is 0 Å². The summed E-state index contributed by atoms with van der Waals surface area (Å²) in [5.41, 5.74) is 0. The van der Waals surface area contributed by atoms with E-state index in [4.69, 9.17) is 0 Å². The van der Waals surface area contributed by atoms with Gasteiger partial charge in [-0.3, -0.25) is 0 Å². The molecule has 0 fully saturated rings. The van der Waals surface area contributed by atoms with Crippen molar-refractivity contribution in [1.29, 1.82) is 0 Å². The molecule has 1 nitrogen and oxygen atoms in total. The van der Waals surface area contributed by atoms with Crippen molar-refractivity contribution in [2.75, 3.05) is 11.5 Å². The van der Waals surface area contributed by atoms with Crippen molar-refractivity contribution in [3.8, 4) is 0 Å². The Morgan fingerprint density at radius 3 is 1.62 bits per heavy atom. The lowest BCUT2D eigenvalue weighted by Gasteiger charge is -1.91. The van der Waals surface area contributed by atoms with E-state index in [0.29, 0.717) is 0 Å². The van der Waals surface area contributed by atoms with Crippen LogP contribution in [0.2, 0.25) is 0 Å². The molecule has 0 spiro atoms. The second kappa shape index (κ2) is 10.3. The minimum Gasteiger partial charge on any atom is -0.344 e. The third-order valence-electron chi connectivity index (χ3n) is 0.697. The van der Waals surface area contributed by atoms with Crippen molar-refractivity contribution in [2.45, 2.75) is 26.7 Å². The first-order chi connectivity index (χ1) is 3.41. The largest absolute Gasteiger partial charge is 0.344 e. The highest BCUT2D eigenvalue weighted by Crippen LogP contribution is 2.02. The van der Waals surface area contributed by atoms with E-state index in [1.54, 1.807) is 0 Å². The molecule has 3 N–H and O–H groups in total. The lowest BCUT2D eigenvalue weighted by molar-refractivity contribution is 1.07. The quantitative estimate of drug-likeness (QED) is 0.601. The molecule has 0 bridgehead atoms. The molecule has 0 aromatic heterocycles. The standard InChI is InChI=1S/C6H14S.H3N/c1-3-5-7-6-4-2;/h3-6H2,1-2H3;1H3. The summed E-state index contributed by atoms with van der Waals surface area (Å²) in [5, 5.41) is 0. The highest BCUT2D eigenvalue weighted by Gasteiger charge is 1.79. The van der Waals surface area contributed by atoms with Crippen LogP contribution in [0.1, 0.15) is 26.7 Å². The van der Waals surface area contributed by atoms with Crippen LogP contribution in [0.5, 0.6) is 0 Å². The monoisotopic (exact) mass is 135 g/mol. The van der Waals surface area contributed by atoms with Crippen LogP contribution in [-0.2, 0) is 0 Å². The molecule has 8 heavy (non-hydrogen) atoms. The maximum atomic E-state index is 2.22. The van der Waals surface area contributed by atoms with Gasteiger partial charge >= 0.3 is 0 Å². The normalized spacial score (nSPS) is 8.25. The average Bonchev–Trinajstić information content (AvgIpc) is 1.69. The first-order valence-corrected chi connectivity index (χ1v) is 4.15. The molecule has 0 unspecified atom stereocenters. The zero-order chi connectivity index (χ0) is 5.54. The summed E-state index contributed by atoms with van der Waals surface area (Å²) in [7, 11) is 0. The molecule has 0 amide bonds. The van der Waals surface area contributed by atoms with E-state index in [1.807, 2.05) is 0 Å². The Labute approximate surface area is 56.8 Å². The SMILES string of the molecule is CCCSCCC.N. The van der Waals surface area contributed by atoms with Gasteiger partial charge in [0.15, 0.2) is 0 Å². The first kappa shape index (κ1) is 11.2. The molecule has 0 aromatic rings. The van der Waals surface area contributed by atoms with Crippen molar-refractivity contribution < 1.29 is 0 Å². The smallest absolute Gasteiger partial charge is 0.00702 e. The molecule has 0 heterocycles. The molecule has 0 aliphatic heterocycles. The topological polar surface area (TPSA) is 35.0 Å². The zero-order valence-electron chi connectivity index (χ0n) is 5.94. The Bertz CT molecular complexity index is 27.7. The van der Waals surface area contributed by atoms with Crippen LogP contribution in [0.4, 0.5) is 0 Å². The Morgan fingerprint density at radius 1 is 1.00 bits per heavy atom. The summed E-state index contributed by atoms with van der Waals surface area (Å²) in [5.74, 6) is 2.68. The Kier molecular flexibility index (Phi) is 14.4. The summed E-state index contributed by atoms with van der Waals surface area (Å²) < 4.78 is 0. The summed E-state index contributed by atoms with van der Waals surface area (Å²) in [6, 6.07) is 0. The van der Waals surface area contributed by atoms with Gasteiger partial charge in [-0.15, -0.1) is 0 Å². The van der Waals surface area contributed by atoms with E-state index in [9.17, 15) is 0 Å². The van der Waals surface area contributed by atoms with Crippen molar-refractivity contribution in [3.63, 3.8) is 0 Å². The lowest BCUT2D eigenvalue weighted by Crippen LogP contribution is -1.76. The van der Waals surface area contributed by atoms with Gasteiger partial charge in [-0.1, -0.05) is 13.8 Å². The number of hydrogen-bond acceptors (Lipinski definition) is 2. The van der Waals surface area contributed by atoms with Gasteiger partial charge in [0.25, 0.3) is 0 Å². The van der Waals surface area contributed by atoms with Gasteiger partial charge in [-0.25, -0.2) is 0 Å². The number of thioether (sulfide) groups is 1. The van der Waals surface area contributed by atoms with Crippen molar-refractivity contribution in [2.24, 2.45) is 0 Å². The fraction of sp³-hybridized carbons (Fsp3) is 1.00. The fourth-order valence-electron chi connectivity index (χ4n) is 0.391. The van der Waals surface area contributed by atoms with E-state index in [2.05, 4.69) is 25.6 Å². The Morgan fingerprint density at radius 2 is 1.38 bits per heavy atom. The van der Waals surface area contributed by atoms with Crippen LogP contribution in [0.3, 0.4) is 0 Å². The highest BCUT2D eigenvalue weighted by atomic mass is 32.2. The van der Waals surface area contributed by atoms with Crippen LogP contribution >= 0.6 is 11.8 Å². The Hall–Kier alpha value is 0.310. The van der Waals surface area contributed by atoms with Gasteiger partial charge < -0.3 is 6.15 Å². The first-order valence-electron chi connectivity index (χ1n) is 2.99.